The Bertz CT molecular complexity index is 415. The van der Waals surface area contributed by atoms with Crippen molar-refractivity contribution in [1.29, 1.82) is 5.26 Å². The molecule has 0 bridgehead atoms. The van der Waals surface area contributed by atoms with Gasteiger partial charge >= 0.3 is 0 Å². The molecule has 1 heterocycles. The fourth-order valence-electron chi connectivity index (χ4n) is 1.74. The highest BCUT2D eigenvalue weighted by Crippen LogP contribution is 2.23. The molecule has 0 radical (unpaired) electrons. The highest BCUT2D eigenvalue weighted by molar-refractivity contribution is 5.40. The van der Waals surface area contributed by atoms with Gasteiger partial charge in [0.05, 0.1) is 19.1 Å². The Labute approximate surface area is 116 Å². The van der Waals surface area contributed by atoms with Gasteiger partial charge in [0.25, 0.3) is 0 Å². The van der Waals surface area contributed by atoms with Crippen LogP contribution in [0.15, 0.2) is 18.3 Å². The number of ether oxygens (including phenoxy) is 1. The molecule has 0 aliphatic heterocycles. The van der Waals surface area contributed by atoms with E-state index in [1.54, 1.807) is 7.11 Å². The maximum absolute atomic E-state index is 8.71. The molecule has 0 unspecified atom stereocenters. The van der Waals surface area contributed by atoms with Crippen LogP contribution in [0.3, 0.4) is 0 Å². The number of hydrogen-bond donors (Lipinski definition) is 0. The molecule has 0 saturated carbocycles. The van der Waals surface area contributed by atoms with E-state index in [-0.39, 0.29) is 5.41 Å². The minimum atomic E-state index is 0.107. The SMILES string of the molecule is COCCN(CCC#N)c1ccc(C(C)(C)C)cn1. The van der Waals surface area contributed by atoms with E-state index < -0.39 is 0 Å². The molecule has 0 aliphatic rings. The highest BCUT2D eigenvalue weighted by atomic mass is 16.5. The Morgan fingerprint density at radius 1 is 1.32 bits per heavy atom. The van der Waals surface area contributed by atoms with Crippen molar-refractivity contribution in [2.75, 3.05) is 31.7 Å². The molecule has 0 N–H and O–H groups in total. The zero-order valence-corrected chi connectivity index (χ0v) is 12.3. The topological polar surface area (TPSA) is 49.1 Å². The molecule has 0 amide bonds. The van der Waals surface area contributed by atoms with Crippen LogP contribution in [-0.4, -0.2) is 31.8 Å². The number of nitrogens with zero attached hydrogens (tertiary/aromatic N) is 3. The lowest BCUT2D eigenvalue weighted by Crippen LogP contribution is -2.29. The summed E-state index contributed by atoms with van der Waals surface area (Å²) in [5.41, 5.74) is 1.32. The van der Waals surface area contributed by atoms with Gasteiger partial charge in [-0.05, 0) is 17.0 Å². The molecule has 0 aromatic carbocycles. The number of methoxy groups -OCH3 is 1. The minimum absolute atomic E-state index is 0.107. The fourth-order valence-corrected chi connectivity index (χ4v) is 1.74. The molecule has 0 fully saturated rings. The van der Waals surface area contributed by atoms with Gasteiger partial charge in [0, 0.05) is 26.4 Å². The molecule has 0 aliphatic carbocycles. The van der Waals surface area contributed by atoms with Crippen LogP contribution < -0.4 is 4.90 Å². The van der Waals surface area contributed by atoms with Crippen LogP contribution in [0.4, 0.5) is 5.82 Å². The Kier molecular flexibility index (Phi) is 5.78. The van der Waals surface area contributed by atoms with Gasteiger partial charge in [-0.2, -0.15) is 5.26 Å². The van der Waals surface area contributed by atoms with Crippen LogP contribution >= 0.6 is 0 Å². The van der Waals surface area contributed by atoms with Gasteiger partial charge in [0.1, 0.15) is 5.82 Å². The molecule has 4 heteroatoms. The summed E-state index contributed by atoms with van der Waals surface area (Å²) in [5, 5.41) is 8.71. The van der Waals surface area contributed by atoms with Gasteiger partial charge in [-0.15, -0.1) is 0 Å². The number of hydrogen-bond acceptors (Lipinski definition) is 4. The van der Waals surface area contributed by atoms with Gasteiger partial charge < -0.3 is 9.64 Å². The zero-order valence-electron chi connectivity index (χ0n) is 12.3. The average molecular weight is 261 g/mol. The van der Waals surface area contributed by atoms with Crippen molar-refractivity contribution in [3.63, 3.8) is 0 Å². The first-order chi connectivity index (χ1) is 8.99. The average Bonchev–Trinajstić information content (AvgIpc) is 2.38. The molecule has 0 saturated heterocycles. The normalized spacial score (nSPS) is 11.1. The third kappa shape index (κ3) is 4.88. The second-order valence-electron chi connectivity index (χ2n) is 5.54. The van der Waals surface area contributed by atoms with Crippen molar-refractivity contribution in [3.8, 4) is 6.07 Å². The molecule has 1 aromatic heterocycles. The Balaban J connectivity index is 2.81. The van der Waals surface area contributed by atoms with Crippen molar-refractivity contribution >= 4 is 5.82 Å². The Hall–Kier alpha value is -1.60. The summed E-state index contributed by atoms with van der Waals surface area (Å²) in [5.74, 6) is 0.903. The van der Waals surface area contributed by atoms with Crippen molar-refractivity contribution in [2.45, 2.75) is 32.6 Å². The Morgan fingerprint density at radius 3 is 2.53 bits per heavy atom. The second kappa shape index (κ2) is 7.10. The van der Waals surface area contributed by atoms with Crippen molar-refractivity contribution < 1.29 is 4.74 Å². The van der Waals surface area contributed by atoms with Crippen LogP contribution in [0.5, 0.6) is 0 Å². The second-order valence-corrected chi connectivity index (χ2v) is 5.54. The minimum Gasteiger partial charge on any atom is -0.383 e. The van der Waals surface area contributed by atoms with Crippen LogP contribution in [0.1, 0.15) is 32.8 Å². The van der Waals surface area contributed by atoms with Crippen molar-refractivity contribution in [2.24, 2.45) is 0 Å². The molecule has 0 atom stereocenters. The van der Waals surface area contributed by atoms with E-state index in [9.17, 15) is 0 Å². The van der Waals surface area contributed by atoms with Crippen LogP contribution in [0.2, 0.25) is 0 Å². The molecular weight excluding hydrogens is 238 g/mol. The number of aromatic nitrogens is 1. The highest BCUT2D eigenvalue weighted by Gasteiger charge is 2.15. The molecule has 1 aromatic rings. The molecular formula is C15H23N3O. The smallest absolute Gasteiger partial charge is 0.128 e. The summed E-state index contributed by atoms with van der Waals surface area (Å²) in [6.07, 6.45) is 2.41. The quantitative estimate of drug-likeness (QED) is 0.790. The van der Waals surface area contributed by atoms with Gasteiger partial charge in [-0.25, -0.2) is 4.98 Å². The summed E-state index contributed by atoms with van der Waals surface area (Å²) in [4.78, 5) is 6.59. The Morgan fingerprint density at radius 2 is 2.05 bits per heavy atom. The van der Waals surface area contributed by atoms with Gasteiger partial charge in [-0.3, -0.25) is 0 Å². The maximum atomic E-state index is 8.71. The van der Waals surface area contributed by atoms with Gasteiger partial charge in [-0.1, -0.05) is 26.8 Å². The zero-order chi connectivity index (χ0) is 14.3. The third-order valence-corrected chi connectivity index (χ3v) is 3.00. The van der Waals surface area contributed by atoms with E-state index in [4.69, 9.17) is 10.00 Å². The first kappa shape index (κ1) is 15.5. The molecule has 19 heavy (non-hydrogen) atoms. The molecule has 104 valence electrons. The van der Waals surface area contributed by atoms with E-state index in [0.29, 0.717) is 19.6 Å². The van der Waals surface area contributed by atoms with E-state index in [1.165, 1.54) is 5.56 Å². The molecule has 0 spiro atoms. The van der Waals surface area contributed by atoms with Crippen LogP contribution in [-0.2, 0) is 10.2 Å². The van der Waals surface area contributed by atoms with Crippen molar-refractivity contribution in [3.05, 3.63) is 23.9 Å². The summed E-state index contributed by atoms with van der Waals surface area (Å²) in [6.45, 7) is 8.57. The number of anilines is 1. The third-order valence-electron chi connectivity index (χ3n) is 3.00. The summed E-state index contributed by atoms with van der Waals surface area (Å²) >= 11 is 0. The molecule has 4 nitrogen and oxygen atoms in total. The van der Waals surface area contributed by atoms with Gasteiger partial charge in [0.15, 0.2) is 0 Å². The standard InChI is InChI=1S/C15H23N3O/c1-15(2,3)13-6-7-14(17-12-13)18(9-5-8-16)10-11-19-4/h6-7,12H,5,9-11H2,1-4H3. The first-order valence-electron chi connectivity index (χ1n) is 6.56. The van der Waals surface area contributed by atoms with E-state index in [1.807, 2.05) is 12.3 Å². The molecule has 1 rings (SSSR count). The lowest BCUT2D eigenvalue weighted by atomic mass is 9.88. The number of nitriles is 1. The lowest BCUT2D eigenvalue weighted by Gasteiger charge is -2.24. The van der Waals surface area contributed by atoms with Crippen molar-refractivity contribution in [1.82, 2.24) is 4.98 Å². The lowest BCUT2D eigenvalue weighted by molar-refractivity contribution is 0.205. The van der Waals surface area contributed by atoms with Crippen LogP contribution in [0, 0.1) is 11.3 Å². The maximum Gasteiger partial charge on any atom is 0.128 e. The number of pyridine rings is 1. The van der Waals surface area contributed by atoms with E-state index >= 15 is 0 Å². The largest absolute Gasteiger partial charge is 0.383 e. The fraction of sp³-hybridized carbons (Fsp3) is 0.600. The van der Waals surface area contributed by atoms with E-state index in [0.717, 1.165) is 12.4 Å². The van der Waals surface area contributed by atoms with Gasteiger partial charge in [0.2, 0.25) is 0 Å². The monoisotopic (exact) mass is 261 g/mol. The summed E-state index contributed by atoms with van der Waals surface area (Å²) in [6, 6.07) is 6.30. The summed E-state index contributed by atoms with van der Waals surface area (Å²) in [7, 11) is 1.68. The summed E-state index contributed by atoms with van der Waals surface area (Å²) < 4.78 is 5.10. The predicted molar refractivity (Wildman–Crippen MR) is 77.3 cm³/mol. The first-order valence-corrected chi connectivity index (χ1v) is 6.56. The predicted octanol–water partition coefficient (Wildman–Crippen LogP) is 2.75. The van der Waals surface area contributed by atoms with E-state index in [2.05, 4.69) is 42.8 Å². The van der Waals surface area contributed by atoms with Crippen LogP contribution in [0.25, 0.3) is 0 Å². The number of rotatable bonds is 6.